The molecule has 0 N–H and O–H groups in total. The van der Waals surface area contributed by atoms with Gasteiger partial charge in [0, 0.05) is 6.92 Å². The maximum absolute atomic E-state index is 10.6. The van der Waals surface area contributed by atoms with Gasteiger partial charge in [0.15, 0.2) is 6.29 Å². The smallest absolute Gasteiger partial charge is 0.302 e. The summed E-state index contributed by atoms with van der Waals surface area (Å²) < 4.78 is 16.3. The molecule has 4 heteroatoms. The fourth-order valence-corrected chi connectivity index (χ4v) is 1.88. The second-order valence-electron chi connectivity index (χ2n) is 5.35. The quantitative estimate of drug-likeness (QED) is 0.553. The van der Waals surface area contributed by atoms with E-state index in [1.54, 1.807) is 0 Å². The van der Waals surface area contributed by atoms with Gasteiger partial charge < -0.3 is 14.2 Å². The second-order valence-corrected chi connectivity index (χ2v) is 5.35. The van der Waals surface area contributed by atoms with Crippen LogP contribution in [0.2, 0.25) is 0 Å². The Morgan fingerprint density at radius 2 is 1.70 bits per heavy atom. The molecule has 20 heavy (non-hydrogen) atoms. The highest BCUT2D eigenvalue weighted by Crippen LogP contribution is 2.24. The van der Waals surface area contributed by atoms with Crippen LogP contribution in [0.1, 0.15) is 47.5 Å². The monoisotopic (exact) mass is 282 g/mol. The minimum Gasteiger partial charge on any atom is -0.462 e. The number of ether oxygens (including phenoxy) is 3. The molecule has 1 aliphatic rings. The standard InChI is InChI=1S/C16H26O4/c1-11(9-10-18-15(5)17)7-6-8-12(2)16-19-13(3)14(4)20-16/h8-9,13-14,16H,6-7,10H2,1-5H3/b11-9+,12-8+. The van der Waals surface area contributed by atoms with E-state index in [0.29, 0.717) is 6.61 Å². The third kappa shape index (κ3) is 5.88. The molecule has 114 valence electrons. The summed E-state index contributed by atoms with van der Waals surface area (Å²) in [6.45, 7) is 9.90. The first kappa shape index (κ1) is 16.9. The highest BCUT2D eigenvalue weighted by atomic mass is 16.7. The predicted octanol–water partition coefficient (Wildman–Crippen LogP) is 3.37. The number of hydrogen-bond acceptors (Lipinski definition) is 4. The molecule has 0 aromatic rings. The van der Waals surface area contributed by atoms with E-state index in [0.717, 1.165) is 18.4 Å². The van der Waals surface area contributed by atoms with Crippen LogP contribution in [-0.4, -0.2) is 31.1 Å². The first-order valence-corrected chi connectivity index (χ1v) is 7.16. The zero-order valence-electron chi connectivity index (χ0n) is 13.1. The Kier molecular flexibility index (Phi) is 6.96. The van der Waals surface area contributed by atoms with Crippen LogP contribution in [0.25, 0.3) is 0 Å². The molecule has 0 bridgehead atoms. The number of rotatable bonds is 6. The first-order chi connectivity index (χ1) is 9.40. The molecule has 0 saturated carbocycles. The van der Waals surface area contributed by atoms with Gasteiger partial charge in [0.05, 0.1) is 12.2 Å². The lowest BCUT2D eigenvalue weighted by molar-refractivity contribution is -0.139. The average molecular weight is 282 g/mol. The molecule has 0 spiro atoms. The van der Waals surface area contributed by atoms with Crippen molar-refractivity contribution in [2.75, 3.05) is 6.61 Å². The first-order valence-electron chi connectivity index (χ1n) is 7.16. The molecule has 1 rings (SSSR count). The predicted molar refractivity (Wildman–Crippen MR) is 78.3 cm³/mol. The van der Waals surface area contributed by atoms with Crippen molar-refractivity contribution >= 4 is 5.97 Å². The largest absolute Gasteiger partial charge is 0.462 e. The van der Waals surface area contributed by atoms with Crippen LogP contribution in [0, 0.1) is 0 Å². The lowest BCUT2D eigenvalue weighted by atomic mass is 10.1. The van der Waals surface area contributed by atoms with Gasteiger partial charge in [-0.05, 0) is 52.2 Å². The van der Waals surface area contributed by atoms with Gasteiger partial charge in [-0.25, -0.2) is 0 Å². The van der Waals surface area contributed by atoms with Crippen LogP contribution in [-0.2, 0) is 19.0 Å². The van der Waals surface area contributed by atoms with E-state index in [-0.39, 0.29) is 24.5 Å². The summed E-state index contributed by atoms with van der Waals surface area (Å²) in [7, 11) is 0. The molecule has 4 nitrogen and oxygen atoms in total. The fourth-order valence-electron chi connectivity index (χ4n) is 1.88. The van der Waals surface area contributed by atoms with E-state index in [4.69, 9.17) is 14.2 Å². The number of carbonyl (C=O) groups excluding carboxylic acids is 1. The number of allylic oxidation sites excluding steroid dienone is 2. The molecule has 1 saturated heterocycles. The molecule has 0 aromatic heterocycles. The molecule has 2 unspecified atom stereocenters. The van der Waals surface area contributed by atoms with E-state index < -0.39 is 0 Å². The third-order valence-corrected chi connectivity index (χ3v) is 3.43. The van der Waals surface area contributed by atoms with Crippen LogP contribution in [0.15, 0.2) is 23.3 Å². The molecular weight excluding hydrogens is 256 g/mol. The number of carbonyl (C=O) groups is 1. The van der Waals surface area contributed by atoms with Crippen molar-refractivity contribution in [3.05, 3.63) is 23.3 Å². The molecule has 0 radical (unpaired) electrons. The minimum absolute atomic E-state index is 0.147. The summed E-state index contributed by atoms with van der Waals surface area (Å²) >= 11 is 0. The van der Waals surface area contributed by atoms with Crippen molar-refractivity contribution in [1.29, 1.82) is 0 Å². The van der Waals surface area contributed by atoms with Crippen molar-refractivity contribution < 1.29 is 19.0 Å². The molecule has 0 amide bonds. The van der Waals surface area contributed by atoms with Gasteiger partial charge >= 0.3 is 5.97 Å². The highest BCUT2D eigenvalue weighted by molar-refractivity contribution is 5.66. The van der Waals surface area contributed by atoms with E-state index in [1.807, 2.05) is 33.8 Å². The maximum atomic E-state index is 10.6. The Morgan fingerprint density at radius 1 is 1.10 bits per heavy atom. The van der Waals surface area contributed by atoms with Crippen molar-refractivity contribution in [2.45, 2.75) is 66.0 Å². The van der Waals surface area contributed by atoms with Crippen LogP contribution in [0.4, 0.5) is 0 Å². The average Bonchev–Trinajstić information content (AvgIpc) is 2.69. The highest BCUT2D eigenvalue weighted by Gasteiger charge is 2.30. The Labute approximate surface area is 121 Å². The van der Waals surface area contributed by atoms with Gasteiger partial charge in [0.1, 0.15) is 6.61 Å². The molecule has 1 heterocycles. The summed E-state index contributed by atoms with van der Waals surface area (Å²) in [6.07, 6.45) is 6.06. The summed E-state index contributed by atoms with van der Waals surface area (Å²) in [6, 6.07) is 0. The minimum atomic E-state index is -0.247. The van der Waals surface area contributed by atoms with Crippen LogP contribution in [0.3, 0.4) is 0 Å². The lowest BCUT2D eigenvalue weighted by Gasteiger charge is -2.10. The topological polar surface area (TPSA) is 44.8 Å². The molecule has 2 atom stereocenters. The summed E-state index contributed by atoms with van der Waals surface area (Å²) in [5.41, 5.74) is 2.33. The summed E-state index contributed by atoms with van der Waals surface area (Å²) in [4.78, 5) is 10.6. The van der Waals surface area contributed by atoms with Crippen LogP contribution >= 0.6 is 0 Å². The summed E-state index contributed by atoms with van der Waals surface area (Å²) in [5.74, 6) is -0.247. The van der Waals surface area contributed by atoms with Gasteiger partial charge in [0.25, 0.3) is 0 Å². The van der Waals surface area contributed by atoms with Gasteiger partial charge in [-0.1, -0.05) is 11.6 Å². The Hall–Kier alpha value is -1.13. The van der Waals surface area contributed by atoms with Gasteiger partial charge in [-0.2, -0.15) is 0 Å². The van der Waals surface area contributed by atoms with Gasteiger partial charge in [-0.15, -0.1) is 0 Å². The zero-order chi connectivity index (χ0) is 15.1. The van der Waals surface area contributed by atoms with Crippen molar-refractivity contribution in [3.8, 4) is 0 Å². The van der Waals surface area contributed by atoms with E-state index in [9.17, 15) is 4.79 Å². The third-order valence-electron chi connectivity index (χ3n) is 3.43. The second kappa shape index (κ2) is 8.22. The van der Waals surface area contributed by atoms with Gasteiger partial charge in [-0.3, -0.25) is 4.79 Å². The molecule has 0 aliphatic carbocycles. The lowest BCUT2D eigenvalue weighted by Crippen LogP contribution is -2.13. The fraction of sp³-hybridized carbons (Fsp3) is 0.688. The van der Waals surface area contributed by atoms with Crippen molar-refractivity contribution in [3.63, 3.8) is 0 Å². The maximum Gasteiger partial charge on any atom is 0.302 e. The molecule has 1 fully saturated rings. The van der Waals surface area contributed by atoms with Crippen LogP contribution < -0.4 is 0 Å². The number of esters is 1. The molecule has 0 aromatic carbocycles. The summed E-state index contributed by atoms with van der Waals surface area (Å²) in [5, 5.41) is 0. The SMILES string of the molecule is CC(=O)OC/C=C(\C)CC/C=C(\C)C1OC(C)C(C)O1. The molecular formula is C16H26O4. The normalized spacial score (nSPS) is 27.8. The van der Waals surface area contributed by atoms with Crippen molar-refractivity contribution in [2.24, 2.45) is 0 Å². The number of hydrogen-bond donors (Lipinski definition) is 0. The van der Waals surface area contributed by atoms with Gasteiger partial charge in [0.2, 0.25) is 0 Å². The van der Waals surface area contributed by atoms with Crippen LogP contribution in [0.5, 0.6) is 0 Å². The van der Waals surface area contributed by atoms with E-state index in [1.165, 1.54) is 12.5 Å². The Bertz CT molecular complexity index is 374. The zero-order valence-corrected chi connectivity index (χ0v) is 13.1. The Morgan fingerprint density at radius 3 is 2.25 bits per heavy atom. The Balaban J connectivity index is 2.31. The van der Waals surface area contributed by atoms with Crippen molar-refractivity contribution in [1.82, 2.24) is 0 Å². The van der Waals surface area contributed by atoms with E-state index >= 15 is 0 Å². The van der Waals surface area contributed by atoms with E-state index in [2.05, 4.69) is 6.08 Å². The molecule has 1 aliphatic heterocycles.